The Kier molecular flexibility index (Phi) is 8.13. The van der Waals surface area contributed by atoms with Crippen LogP contribution in [0.15, 0.2) is 48.5 Å². The largest absolute Gasteiger partial charge is 1.00 e. The average molecular weight is 476 g/mol. The van der Waals surface area contributed by atoms with Gasteiger partial charge in [-0.2, -0.15) is 0 Å². The van der Waals surface area contributed by atoms with Crippen LogP contribution in [-0.2, 0) is 6.42 Å². The molecule has 0 aromatic heterocycles. The number of hydrogen-bond donors (Lipinski definition) is 2. The third-order valence-corrected chi connectivity index (χ3v) is 6.15. The molecule has 0 amide bonds. The van der Waals surface area contributed by atoms with E-state index in [2.05, 4.69) is 46.9 Å². The number of aliphatic hydroxyl groups excluding tert-OH is 1. The van der Waals surface area contributed by atoms with Gasteiger partial charge in [-0.1, -0.05) is 30.3 Å². The Bertz CT molecular complexity index is 659. The molecule has 0 radical (unpaired) electrons. The predicted molar refractivity (Wildman–Crippen MR) is 103 cm³/mol. The Hall–Kier alpha value is -0.690. The molecule has 2 nitrogen and oxygen atoms in total. The van der Waals surface area contributed by atoms with Crippen molar-refractivity contribution in [3.8, 4) is 0 Å². The molecular weight excluding hydrogens is 452 g/mol. The van der Waals surface area contributed by atoms with Gasteiger partial charge in [0.05, 0.1) is 25.7 Å². The number of benzene rings is 2. The number of nitrogens with one attached hydrogen (secondary N) is 1. The highest BCUT2D eigenvalue weighted by molar-refractivity contribution is 14.1. The number of likely N-dealkylation sites (tertiary alicyclic amines) is 1. The van der Waals surface area contributed by atoms with Gasteiger partial charge in [-0.3, -0.25) is 0 Å². The minimum absolute atomic E-state index is 0. The van der Waals surface area contributed by atoms with E-state index in [-0.39, 0.29) is 24.1 Å². The summed E-state index contributed by atoms with van der Waals surface area (Å²) in [6.07, 6.45) is 2.70. The van der Waals surface area contributed by atoms with Gasteiger partial charge >= 0.3 is 0 Å². The zero-order valence-corrected chi connectivity index (χ0v) is 17.0. The standard InChI is InChI=1S/C20H23FINO.ClH/c21-18-7-5-16(6-8-18)20(24)17-10-13-23(14-11-17)12-9-15-3-1-2-4-19(15)22;/h1-8,17,20,24H,9-14H2;1H. The lowest BCUT2D eigenvalue weighted by molar-refractivity contribution is -0.906. The molecule has 136 valence electrons. The SMILES string of the molecule is OC(c1ccc(F)cc1)C1CC[NH+](CCc2ccccc2I)CC1.[Cl-]. The first-order valence-electron chi connectivity index (χ1n) is 8.64. The molecule has 1 aliphatic heterocycles. The number of halogens is 3. The smallest absolute Gasteiger partial charge is 0.123 e. The molecule has 0 saturated carbocycles. The zero-order valence-electron chi connectivity index (χ0n) is 14.1. The van der Waals surface area contributed by atoms with Crippen molar-refractivity contribution in [2.24, 2.45) is 5.92 Å². The van der Waals surface area contributed by atoms with Gasteiger partial charge in [0.25, 0.3) is 0 Å². The average Bonchev–Trinajstić information content (AvgIpc) is 2.62. The molecule has 0 aliphatic carbocycles. The van der Waals surface area contributed by atoms with Crippen molar-refractivity contribution < 1.29 is 26.8 Å². The van der Waals surface area contributed by atoms with Crippen LogP contribution in [0.1, 0.15) is 30.1 Å². The lowest BCUT2D eigenvalue weighted by atomic mass is 9.87. The first kappa shape index (κ1) is 20.6. The van der Waals surface area contributed by atoms with Crippen molar-refractivity contribution >= 4 is 22.6 Å². The van der Waals surface area contributed by atoms with Crippen LogP contribution in [0.5, 0.6) is 0 Å². The maximum atomic E-state index is 13.0. The van der Waals surface area contributed by atoms with Gasteiger partial charge in [0, 0.05) is 22.8 Å². The van der Waals surface area contributed by atoms with E-state index in [1.165, 1.54) is 21.3 Å². The van der Waals surface area contributed by atoms with E-state index in [1.54, 1.807) is 17.0 Å². The number of quaternary nitrogens is 1. The van der Waals surface area contributed by atoms with Gasteiger partial charge in [0.2, 0.25) is 0 Å². The zero-order chi connectivity index (χ0) is 16.9. The van der Waals surface area contributed by atoms with Crippen molar-refractivity contribution in [2.75, 3.05) is 19.6 Å². The molecule has 1 fully saturated rings. The summed E-state index contributed by atoms with van der Waals surface area (Å²) in [6.45, 7) is 3.36. The van der Waals surface area contributed by atoms with Gasteiger partial charge in [0.15, 0.2) is 0 Å². The van der Waals surface area contributed by atoms with E-state index in [0.717, 1.165) is 44.5 Å². The van der Waals surface area contributed by atoms with E-state index in [1.807, 2.05) is 0 Å². The van der Waals surface area contributed by atoms with Crippen LogP contribution in [-0.4, -0.2) is 24.7 Å². The van der Waals surface area contributed by atoms with Crippen LogP contribution in [0.3, 0.4) is 0 Å². The molecule has 1 aliphatic rings. The summed E-state index contributed by atoms with van der Waals surface area (Å²) in [5.74, 6) is 0.0387. The second kappa shape index (κ2) is 9.86. The van der Waals surface area contributed by atoms with Gasteiger partial charge in [-0.15, -0.1) is 0 Å². The second-order valence-corrected chi connectivity index (χ2v) is 7.84. The Labute approximate surface area is 169 Å². The van der Waals surface area contributed by atoms with Crippen LogP contribution >= 0.6 is 22.6 Å². The van der Waals surface area contributed by atoms with Crippen LogP contribution < -0.4 is 17.3 Å². The van der Waals surface area contributed by atoms with Crippen molar-refractivity contribution in [1.82, 2.24) is 0 Å². The summed E-state index contributed by atoms with van der Waals surface area (Å²) in [5, 5.41) is 10.5. The molecular formula is C20H24ClFINO. The first-order valence-corrected chi connectivity index (χ1v) is 9.72. The van der Waals surface area contributed by atoms with Crippen LogP contribution in [0, 0.1) is 15.3 Å². The highest BCUT2D eigenvalue weighted by Gasteiger charge is 2.28. The fourth-order valence-electron chi connectivity index (χ4n) is 3.56. The summed E-state index contributed by atoms with van der Waals surface area (Å²) in [7, 11) is 0. The molecule has 0 spiro atoms. The molecule has 2 N–H and O–H groups in total. The van der Waals surface area contributed by atoms with Crippen LogP contribution in [0.2, 0.25) is 0 Å². The summed E-state index contributed by atoms with van der Waals surface area (Å²) in [4.78, 5) is 1.62. The third kappa shape index (κ3) is 5.64. The molecule has 0 bridgehead atoms. The molecule has 1 saturated heterocycles. The topological polar surface area (TPSA) is 24.7 Å². The van der Waals surface area contributed by atoms with Crippen LogP contribution in [0.4, 0.5) is 4.39 Å². The summed E-state index contributed by atoms with van der Waals surface area (Å²) in [6, 6.07) is 14.8. The molecule has 1 heterocycles. The predicted octanol–water partition coefficient (Wildman–Crippen LogP) is 0.00530. The Balaban J connectivity index is 0.00000225. The first-order chi connectivity index (χ1) is 11.6. The van der Waals surface area contributed by atoms with E-state index >= 15 is 0 Å². The molecule has 5 heteroatoms. The Morgan fingerprint density at radius 3 is 2.36 bits per heavy atom. The minimum Gasteiger partial charge on any atom is -1.00 e. The Morgan fingerprint density at radius 2 is 1.72 bits per heavy atom. The van der Waals surface area contributed by atoms with Gasteiger partial charge in [0.1, 0.15) is 5.82 Å². The van der Waals surface area contributed by atoms with Crippen molar-refractivity contribution in [2.45, 2.75) is 25.4 Å². The molecule has 1 atom stereocenters. The summed E-state index contributed by atoms with van der Waals surface area (Å²) >= 11 is 2.41. The number of piperidine rings is 1. The maximum Gasteiger partial charge on any atom is 0.123 e. The fourth-order valence-corrected chi connectivity index (χ4v) is 4.22. The molecule has 25 heavy (non-hydrogen) atoms. The van der Waals surface area contributed by atoms with E-state index in [4.69, 9.17) is 0 Å². The number of rotatable bonds is 5. The Morgan fingerprint density at radius 1 is 1.08 bits per heavy atom. The number of aliphatic hydroxyl groups is 1. The van der Waals surface area contributed by atoms with E-state index in [0.29, 0.717) is 0 Å². The molecule has 3 rings (SSSR count). The second-order valence-electron chi connectivity index (χ2n) is 6.68. The van der Waals surface area contributed by atoms with Crippen molar-refractivity contribution in [3.63, 3.8) is 0 Å². The monoisotopic (exact) mass is 475 g/mol. The van der Waals surface area contributed by atoms with Gasteiger partial charge < -0.3 is 22.4 Å². The fraction of sp³-hybridized carbons (Fsp3) is 0.400. The van der Waals surface area contributed by atoms with Crippen molar-refractivity contribution in [1.29, 1.82) is 0 Å². The summed E-state index contributed by atoms with van der Waals surface area (Å²) in [5.41, 5.74) is 2.27. The normalized spacial score (nSPS) is 21.4. The molecule has 1 unspecified atom stereocenters. The number of hydrogen-bond acceptors (Lipinski definition) is 1. The maximum absolute atomic E-state index is 13.0. The van der Waals surface area contributed by atoms with E-state index < -0.39 is 6.10 Å². The molecule has 2 aromatic carbocycles. The van der Waals surface area contributed by atoms with E-state index in [9.17, 15) is 9.50 Å². The lowest BCUT2D eigenvalue weighted by Gasteiger charge is -2.32. The highest BCUT2D eigenvalue weighted by atomic mass is 127. The van der Waals surface area contributed by atoms with Crippen LogP contribution in [0.25, 0.3) is 0 Å². The third-order valence-electron chi connectivity index (χ3n) is 5.10. The van der Waals surface area contributed by atoms with Gasteiger partial charge in [-0.25, -0.2) is 4.39 Å². The quantitative estimate of drug-likeness (QED) is 0.585. The van der Waals surface area contributed by atoms with Gasteiger partial charge in [-0.05, 0) is 57.8 Å². The minimum atomic E-state index is -0.470. The highest BCUT2D eigenvalue weighted by Crippen LogP contribution is 2.27. The molecule has 2 aromatic rings. The van der Waals surface area contributed by atoms with Crippen molar-refractivity contribution in [3.05, 3.63) is 69.0 Å². The summed E-state index contributed by atoms with van der Waals surface area (Å²) < 4.78 is 14.4. The lowest BCUT2D eigenvalue weighted by Crippen LogP contribution is -3.13.